The lowest BCUT2D eigenvalue weighted by Gasteiger charge is -2.11. The van der Waals surface area contributed by atoms with E-state index < -0.39 is 11.7 Å². The van der Waals surface area contributed by atoms with Crippen molar-refractivity contribution in [3.05, 3.63) is 93.2 Å². The molecule has 3 aromatic rings. The number of nitrogens with zero attached hydrogens (tertiary/aromatic N) is 2. The number of hydrogen-bond acceptors (Lipinski definition) is 4. The second-order valence-corrected chi connectivity index (χ2v) is 7.77. The Morgan fingerprint density at radius 1 is 1.10 bits per heavy atom. The number of rotatable bonds is 6. The molecule has 0 amide bonds. The van der Waals surface area contributed by atoms with Gasteiger partial charge >= 0.3 is 6.18 Å². The number of thioether (sulfide) groups is 1. The largest absolute Gasteiger partial charge is 0.417 e. The van der Waals surface area contributed by atoms with Gasteiger partial charge < -0.3 is 0 Å². The van der Waals surface area contributed by atoms with Crippen LogP contribution in [-0.4, -0.2) is 15.8 Å². The van der Waals surface area contributed by atoms with Crippen molar-refractivity contribution in [2.24, 2.45) is 0 Å². The lowest BCUT2D eigenvalue weighted by atomic mass is 10.1. The molecule has 0 spiro atoms. The second-order valence-electron chi connectivity index (χ2n) is 6.03. The zero-order chi connectivity index (χ0) is 21.7. The van der Waals surface area contributed by atoms with Crippen LogP contribution in [0.3, 0.4) is 0 Å². The van der Waals surface area contributed by atoms with Crippen LogP contribution in [0.1, 0.15) is 21.6 Å². The third kappa shape index (κ3) is 5.62. The minimum atomic E-state index is -4.52. The van der Waals surface area contributed by atoms with Crippen molar-refractivity contribution in [1.82, 2.24) is 9.97 Å². The van der Waals surface area contributed by atoms with Crippen LogP contribution < -0.4 is 0 Å². The number of halogens is 5. The first-order chi connectivity index (χ1) is 14.3. The van der Waals surface area contributed by atoms with Crippen LogP contribution in [0.5, 0.6) is 0 Å². The Labute approximate surface area is 185 Å². The van der Waals surface area contributed by atoms with Crippen LogP contribution >= 0.6 is 35.0 Å². The van der Waals surface area contributed by atoms with Crippen LogP contribution in [0.4, 0.5) is 13.2 Å². The fourth-order valence-electron chi connectivity index (χ4n) is 2.51. The Kier molecular flexibility index (Phi) is 7.18. The highest BCUT2D eigenvalue weighted by atomic mass is 35.5. The highest BCUT2D eigenvalue weighted by Gasteiger charge is 2.31. The van der Waals surface area contributed by atoms with Crippen molar-refractivity contribution >= 4 is 40.7 Å². The van der Waals surface area contributed by atoms with Crippen molar-refractivity contribution in [2.45, 2.75) is 11.9 Å². The average molecular weight is 469 g/mol. The molecule has 0 N–H and O–H groups in total. The van der Waals surface area contributed by atoms with E-state index in [1.165, 1.54) is 17.8 Å². The number of benzene rings is 1. The van der Waals surface area contributed by atoms with Crippen LogP contribution in [0, 0.1) is 0 Å². The minimum absolute atomic E-state index is 0.113. The summed E-state index contributed by atoms with van der Waals surface area (Å²) in [5, 5.41) is 2.07. The molecular formula is C21H13Cl2F3N2OS. The molecule has 2 aromatic heterocycles. The van der Waals surface area contributed by atoms with Gasteiger partial charge in [0.25, 0.3) is 0 Å². The zero-order valence-corrected chi connectivity index (χ0v) is 17.5. The lowest BCUT2D eigenvalue weighted by molar-refractivity contribution is -0.137. The van der Waals surface area contributed by atoms with Gasteiger partial charge in [-0.3, -0.25) is 14.8 Å². The molecule has 154 valence electrons. The Morgan fingerprint density at radius 3 is 2.50 bits per heavy atom. The average Bonchev–Trinajstić information content (AvgIpc) is 2.71. The molecule has 0 saturated heterocycles. The lowest BCUT2D eigenvalue weighted by Crippen LogP contribution is -2.06. The van der Waals surface area contributed by atoms with Crippen molar-refractivity contribution in [1.29, 1.82) is 0 Å². The van der Waals surface area contributed by atoms with E-state index in [1.54, 1.807) is 48.0 Å². The van der Waals surface area contributed by atoms with Gasteiger partial charge in [0.1, 0.15) is 0 Å². The van der Waals surface area contributed by atoms with Gasteiger partial charge in [0.15, 0.2) is 5.78 Å². The monoisotopic (exact) mass is 468 g/mol. The molecule has 1 aromatic carbocycles. The van der Waals surface area contributed by atoms with Crippen molar-refractivity contribution < 1.29 is 18.0 Å². The highest BCUT2D eigenvalue weighted by molar-refractivity contribution is 8.01. The third-order valence-corrected chi connectivity index (χ3v) is 5.29. The topological polar surface area (TPSA) is 42.9 Å². The maximum atomic E-state index is 12.8. The number of pyridine rings is 2. The van der Waals surface area contributed by atoms with Crippen molar-refractivity contribution in [3.8, 4) is 11.3 Å². The van der Waals surface area contributed by atoms with Gasteiger partial charge in [0, 0.05) is 34.3 Å². The molecule has 0 saturated carbocycles. The Hall–Kier alpha value is -2.35. The standard InChI is InChI=1S/C21H13Cl2F3N2OS/c22-15-5-3-13(4-6-15)19(29)7-9-30-12-18-16(2-1-8-27-18)20-17(23)10-14(11-28-20)21(24,25)26/h1-11H,12H2/b9-7+. The van der Waals surface area contributed by atoms with Gasteiger partial charge in [-0.05, 0) is 53.9 Å². The molecule has 0 atom stereocenters. The van der Waals surface area contributed by atoms with E-state index in [-0.39, 0.29) is 16.5 Å². The number of ketones is 1. The van der Waals surface area contributed by atoms with Gasteiger partial charge in [-0.1, -0.05) is 23.2 Å². The molecule has 3 rings (SSSR count). The number of allylic oxidation sites excluding steroid dienone is 1. The molecular weight excluding hydrogens is 456 g/mol. The van der Waals surface area contributed by atoms with Crippen molar-refractivity contribution in [2.75, 3.05) is 0 Å². The van der Waals surface area contributed by atoms with E-state index in [0.29, 0.717) is 27.6 Å². The summed E-state index contributed by atoms with van der Waals surface area (Å²) in [6.45, 7) is 0. The van der Waals surface area contributed by atoms with E-state index in [1.807, 2.05) is 0 Å². The number of carbonyl (C=O) groups excluding carboxylic acids is 1. The van der Waals surface area contributed by atoms with E-state index in [4.69, 9.17) is 23.2 Å². The summed E-state index contributed by atoms with van der Waals surface area (Å²) >= 11 is 13.2. The van der Waals surface area contributed by atoms with Gasteiger partial charge in [-0.2, -0.15) is 13.2 Å². The molecule has 0 bridgehead atoms. The summed E-state index contributed by atoms with van der Waals surface area (Å²) < 4.78 is 38.5. The summed E-state index contributed by atoms with van der Waals surface area (Å²) in [6.07, 6.45) is -0.778. The number of alkyl halides is 3. The smallest absolute Gasteiger partial charge is 0.289 e. The molecule has 0 aliphatic carbocycles. The summed E-state index contributed by atoms with van der Waals surface area (Å²) in [5.41, 5.74) is 0.922. The van der Waals surface area contributed by atoms with E-state index >= 15 is 0 Å². The summed E-state index contributed by atoms with van der Waals surface area (Å²) in [7, 11) is 0. The van der Waals surface area contributed by atoms with Crippen LogP contribution in [0.25, 0.3) is 11.3 Å². The van der Waals surface area contributed by atoms with Gasteiger partial charge in [0.05, 0.1) is 22.0 Å². The molecule has 30 heavy (non-hydrogen) atoms. The third-order valence-electron chi connectivity index (χ3n) is 3.98. The molecule has 0 aliphatic rings. The minimum Gasteiger partial charge on any atom is -0.289 e. The van der Waals surface area contributed by atoms with Crippen molar-refractivity contribution in [3.63, 3.8) is 0 Å². The normalized spacial score (nSPS) is 11.8. The molecule has 3 nitrogen and oxygen atoms in total. The molecule has 0 radical (unpaired) electrons. The van der Waals surface area contributed by atoms with E-state index in [9.17, 15) is 18.0 Å². The fourth-order valence-corrected chi connectivity index (χ4v) is 3.61. The van der Waals surface area contributed by atoms with E-state index in [2.05, 4.69) is 9.97 Å². The first-order valence-corrected chi connectivity index (χ1v) is 10.3. The predicted octanol–water partition coefficient (Wildman–Crippen LogP) is 7.10. The SMILES string of the molecule is O=C(/C=C/SCc1ncccc1-c1ncc(C(F)(F)F)cc1Cl)c1ccc(Cl)cc1. The quantitative estimate of drug-likeness (QED) is 0.285. The van der Waals surface area contributed by atoms with Crippen LogP contribution in [0.15, 0.2) is 66.3 Å². The van der Waals surface area contributed by atoms with E-state index in [0.717, 1.165) is 12.3 Å². The van der Waals surface area contributed by atoms with Crippen LogP contribution in [0.2, 0.25) is 10.0 Å². The first-order valence-electron chi connectivity index (χ1n) is 8.51. The predicted molar refractivity (Wildman–Crippen MR) is 114 cm³/mol. The number of aromatic nitrogens is 2. The summed E-state index contributed by atoms with van der Waals surface area (Å²) in [6, 6.07) is 10.7. The molecule has 0 fully saturated rings. The number of hydrogen-bond donors (Lipinski definition) is 0. The van der Waals surface area contributed by atoms with Gasteiger partial charge in [-0.25, -0.2) is 0 Å². The molecule has 0 unspecified atom stereocenters. The molecule has 2 heterocycles. The Morgan fingerprint density at radius 2 is 1.83 bits per heavy atom. The maximum Gasteiger partial charge on any atom is 0.417 e. The van der Waals surface area contributed by atoms with Crippen LogP contribution in [-0.2, 0) is 11.9 Å². The summed E-state index contributed by atoms with van der Waals surface area (Å²) in [4.78, 5) is 20.3. The fraction of sp³-hybridized carbons (Fsp3) is 0.0952. The Balaban J connectivity index is 1.73. The van der Waals surface area contributed by atoms with Gasteiger partial charge in [-0.15, -0.1) is 11.8 Å². The second kappa shape index (κ2) is 9.64. The maximum absolute atomic E-state index is 12.8. The Bertz CT molecular complexity index is 1090. The van der Waals surface area contributed by atoms with Gasteiger partial charge in [0.2, 0.25) is 0 Å². The zero-order valence-electron chi connectivity index (χ0n) is 15.2. The highest BCUT2D eigenvalue weighted by Crippen LogP contribution is 2.35. The summed E-state index contributed by atoms with van der Waals surface area (Å²) in [5.74, 6) is 0.201. The first kappa shape index (κ1) is 22.3. The number of carbonyl (C=O) groups is 1. The molecule has 9 heteroatoms. The molecule has 0 aliphatic heterocycles.